The summed E-state index contributed by atoms with van der Waals surface area (Å²) < 4.78 is 46.5. The minimum atomic E-state index is -4.06. The molecule has 0 amide bonds. The molecule has 2 N–H and O–H groups in total. The van der Waals surface area contributed by atoms with Crippen LogP contribution in [0, 0.1) is 11.3 Å². The first-order valence-electron chi connectivity index (χ1n) is 12.7. The molecule has 0 saturated carbocycles. The number of nitrogens with zero attached hydrogens (tertiary/aromatic N) is 4. The second-order valence-corrected chi connectivity index (χ2v) is 10.8. The largest absolute Gasteiger partial charge is 0.497 e. The molecule has 0 unspecified atom stereocenters. The maximum atomic E-state index is 13.3. The quantitative estimate of drug-likeness (QED) is 0.243. The average molecular weight is 578 g/mol. The lowest BCUT2D eigenvalue weighted by Crippen LogP contribution is -2.27. The van der Waals surface area contributed by atoms with Crippen LogP contribution in [-0.4, -0.2) is 76.0 Å². The summed E-state index contributed by atoms with van der Waals surface area (Å²) in [6.45, 7) is 1.41. The molecule has 0 radical (unpaired) electrons. The highest BCUT2D eigenvalue weighted by Crippen LogP contribution is 2.38. The average Bonchev–Trinajstić information content (AvgIpc) is 2.97. The van der Waals surface area contributed by atoms with Crippen molar-refractivity contribution >= 4 is 26.9 Å². The fraction of sp³-hybridized carbons (Fsp3) is 0.276. The Morgan fingerprint density at radius 2 is 1.71 bits per heavy atom. The van der Waals surface area contributed by atoms with Crippen molar-refractivity contribution in [2.45, 2.75) is 11.3 Å². The van der Waals surface area contributed by atoms with Crippen molar-refractivity contribution in [2.24, 2.45) is 0 Å². The molecule has 0 bridgehead atoms. The van der Waals surface area contributed by atoms with E-state index in [2.05, 4.69) is 9.71 Å². The Labute approximate surface area is 239 Å². The highest BCUT2D eigenvalue weighted by Gasteiger charge is 2.22. The third-order valence-corrected chi connectivity index (χ3v) is 7.64. The van der Waals surface area contributed by atoms with Crippen molar-refractivity contribution in [1.82, 2.24) is 14.9 Å². The van der Waals surface area contributed by atoms with Crippen LogP contribution in [0.15, 0.2) is 65.6 Å². The number of likely N-dealkylation sites (N-methyl/N-ethyl adjacent to an activating group) is 1. The van der Waals surface area contributed by atoms with E-state index in [0.717, 1.165) is 0 Å². The molecule has 1 aromatic heterocycles. The van der Waals surface area contributed by atoms with Gasteiger partial charge in [-0.2, -0.15) is 5.26 Å². The number of nitrogens with one attached hydrogen (secondary N) is 1. The standard InChI is InChI=1S/C29H31N5O6S/c1-34(12-14-35)13-15-40-28-21(16-22(38-2)18-27(28)39-3)17-26-29(32-25-7-5-4-6-24(25)31-26)33-41(36,37)23-10-8-20(19-30)9-11-23/h4-11,16,18,35H,12-15,17H2,1-3H3,(H,32,33). The molecule has 0 fully saturated rings. The first-order chi connectivity index (χ1) is 19.8. The van der Waals surface area contributed by atoms with E-state index < -0.39 is 10.0 Å². The van der Waals surface area contributed by atoms with Crippen molar-refractivity contribution in [2.75, 3.05) is 52.3 Å². The van der Waals surface area contributed by atoms with Crippen LogP contribution in [0.4, 0.5) is 5.82 Å². The smallest absolute Gasteiger partial charge is 0.263 e. The van der Waals surface area contributed by atoms with Gasteiger partial charge in [-0.15, -0.1) is 0 Å². The van der Waals surface area contributed by atoms with E-state index in [4.69, 9.17) is 24.5 Å². The Morgan fingerprint density at radius 3 is 2.34 bits per heavy atom. The van der Waals surface area contributed by atoms with E-state index in [1.165, 1.54) is 38.5 Å². The molecule has 214 valence electrons. The van der Waals surface area contributed by atoms with Gasteiger partial charge in [0, 0.05) is 31.1 Å². The Hall–Kier alpha value is -4.44. The summed E-state index contributed by atoms with van der Waals surface area (Å²) in [5, 5.41) is 18.3. The van der Waals surface area contributed by atoms with Crippen molar-refractivity contribution in [1.29, 1.82) is 5.26 Å². The number of hydrogen-bond donors (Lipinski definition) is 2. The molecular weight excluding hydrogens is 546 g/mol. The highest BCUT2D eigenvalue weighted by molar-refractivity contribution is 7.92. The van der Waals surface area contributed by atoms with E-state index in [-0.39, 0.29) is 23.7 Å². The molecule has 0 aliphatic rings. The molecule has 0 aliphatic carbocycles. The number of fused-ring (bicyclic) bond motifs is 1. The molecule has 0 aliphatic heterocycles. The number of anilines is 1. The fourth-order valence-corrected chi connectivity index (χ4v) is 5.13. The van der Waals surface area contributed by atoms with Gasteiger partial charge in [0.25, 0.3) is 10.0 Å². The van der Waals surface area contributed by atoms with Crippen LogP contribution in [0.5, 0.6) is 17.2 Å². The molecule has 0 atom stereocenters. The lowest BCUT2D eigenvalue weighted by Gasteiger charge is -2.20. The molecule has 0 saturated heterocycles. The fourth-order valence-electron chi connectivity index (χ4n) is 4.10. The topological polar surface area (TPSA) is 147 Å². The molecule has 11 nitrogen and oxygen atoms in total. The third-order valence-electron chi connectivity index (χ3n) is 6.29. The van der Waals surface area contributed by atoms with Gasteiger partial charge in [-0.25, -0.2) is 18.4 Å². The zero-order chi connectivity index (χ0) is 29.4. The number of aromatic nitrogens is 2. The van der Waals surface area contributed by atoms with Crippen molar-refractivity contribution in [3.8, 4) is 23.3 Å². The Balaban J connectivity index is 1.75. The van der Waals surface area contributed by atoms with E-state index in [1.54, 1.807) is 30.3 Å². The summed E-state index contributed by atoms with van der Waals surface area (Å²) in [6, 6.07) is 18.2. The number of nitriles is 1. The van der Waals surface area contributed by atoms with Crippen LogP contribution in [0.3, 0.4) is 0 Å². The SMILES string of the molecule is COc1cc(Cc2nc3ccccc3nc2NS(=O)(=O)c2ccc(C#N)cc2)c(OCCN(C)CCO)c(OC)c1. The molecule has 4 aromatic rings. The number of methoxy groups -OCH3 is 2. The first kappa shape index (κ1) is 29.5. The van der Waals surface area contributed by atoms with Crippen LogP contribution < -0.4 is 18.9 Å². The van der Waals surface area contributed by atoms with E-state index in [1.807, 2.05) is 24.1 Å². The minimum absolute atomic E-state index is 0.0171. The van der Waals surface area contributed by atoms with Crippen LogP contribution in [-0.2, 0) is 16.4 Å². The van der Waals surface area contributed by atoms with Gasteiger partial charge in [-0.3, -0.25) is 4.72 Å². The number of ether oxygens (including phenoxy) is 3. The van der Waals surface area contributed by atoms with E-state index in [9.17, 15) is 13.5 Å². The van der Waals surface area contributed by atoms with Gasteiger partial charge in [0.2, 0.25) is 0 Å². The first-order valence-corrected chi connectivity index (χ1v) is 14.2. The summed E-state index contributed by atoms with van der Waals surface area (Å²) in [4.78, 5) is 11.3. The summed E-state index contributed by atoms with van der Waals surface area (Å²) in [5.74, 6) is 1.48. The Bertz CT molecular complexity index is 1660. The number of aliphatic hydroxyl groups excluding tert-OH is 1. The summed E-state index contributed by atoms with van der Waals surface area (Å²) in [5.41, 5.74) is 2.46. The maximum absolute atomic E-state index is 13.3. The molecule has 12 heteroatoms. The van der Waals surface area contributed by atoms with E-state index >= 15 is 0 Å². The number of benzene rings is 3. The van der Waals surface area contributed by atoms with Crippen LogP contribution in [0.25, 0.3) is 11.0 Å². The van der Waals surface area contributed by atoms with Gasteiger partial charge >= 0.3 is 0 Å². The molecule has 41 heavy (non-hydrogen) atoms. The Morgan fingerprint density at radius 1 is 1.00 bits per heavy atom. The summed E-state index contributed by atoms with van der Waals surface area (Å²) in [7, 11) is 0.884. The van der Waals surface area contributed by atoms with E-state index in [0.29, 0.717) is 64.8 Å². The number of aliphatic hydroxyl groups is 1. The number of sulfonamides is 1. The second kappa shape index (κ2) is 13.3. The van der Waals surface area contributed by atoms with Gasteiger partial charge in [-0.05, 0) is 49.5 Å². The van der Waals surface area contributed by atoms with Gasteiger partial charge < -0.3 is 24.2 Å². The molecule has 3 aromatic carbocycles. The molecular formula is C29H31N5O6S. The number of para-hydroxylation sites is 2. The van der Waals surface area contributed by atoms with Crippen molar-refractivity contribution < 1.29 is 27.7 Å². The lowest BCUT2D eigenvalue weighted by atomic mass is 10.1. The number of hydrogen-bond acceptors (Lipinski definition) is 10. The van der Waals surface area contributed by atoms with Gasteiger partial charge in [-0.1, -0.05) is 12.1 Å². The highest BCUT2D eigenvalue weighted by atomic mass is 32.2. The molecule has 0 spiro atoms. The minimum Gasteiger partial charge on any atom is -0.497 e. The normalized spacial score (nSPS) is 11.3. The predicted molar refractivity (Wildman–Crippen MR) is 154 cm³/mol. The van der Waals surface area contributed by atoms with Gasteiger partial charge in [0.15, 0.2) is 17.3 Å². The summed E-state index contributed by atoms with van der Waals surface area (Å²) in [6.07, 6.45) is 0.137. The van der Waals surface area contributed by atoms with Crippen LogP contribution in [0.2, 0.25) is 0 Å². The number of rotatable bonds is 13. The molecule has 4 rings (SSSR count). The molecule has 1 heterocycles. The third kappa shape index (κ3) is 7.20. The summed E-state index contributed by atoms with van der Waals surface area (Å²) >= 11 is 0. The second-order valence-electron chi connectivity index (χ2n) is 9.12. The van der Waals surface area contributed by atoms with Gasteiger partial charge in [0.1, 0.15) is 12.4 Å². The van der Waals surface area contributed by atoms with Gasteiger partial charge in [0.05, 0.1) is 54.1 Å². The van der Waals surface area contributed by atoms with Crippen molar-refractivity contribution in [3.05, 3.63) is 77.5 Å². The van der Waals surface area contributed by atoms with Crippen LogP contribution in [0.1, 0.15) is 16.8 Å². The zero-order valence-corrected chi connectivity index (χ0v) is 23.8. The van der Waals surface area contributed by atoms with Crippen molar-refractivity contribution in [3.63, 3.8) is 0 Å². The monoisotopic (exact) mass is 577 g/mol. The Kier molecular flexibility index (Phi) is 9.57. The lowest BCUT2D eigenvalue weighted by molar-refractivity contribution is 0.189. The zero-order valence-electron chi connectivity index (χ0n) is 23.0. The van der Waals surface area contributed by atoms with Crippen LogP contribution >= 0.6 is 0 Å². The maximum Gasteiger partial charge on any atom is 0.263 e. The predicted octanol–water partition coefficient (Wildman–Crippen LogP) is 3.21.